The minimum atomic E-state index is -0.110. The summed E-state index contributed by atoms with van der Waals surface area (Å²) in [5.74, 6) is 0. The summed E-state index contributed by atoms with van der Waals surface area (Å²) in [6.07, 6.45) is 8.30. The van der Waals surface area contributed by atoms with Crippen molar-refractivity contribution < 1.29 is 4.74 Å². The Morgan fingerprint density at radius 3 is 2.55 bits per heavy atom. The van der Waals surface area contributed by atoms with Crippen molar-refractivity contribution in [3.05, 3.63) is 17.5 Å². The average Bonchev–Trinajstić information content (AvgIpc) is 2.72. The number of rotatable bonds is 6. The Morgan fingerprint density at radius 2 is 1.95 bits per heavy atom. The van der Waals surface area contributed by atoms with Crippen molar-refractivity contribution >= 4 is 0 Å². The molecule has 4 heteroatoms. The highest BCUT2D eigenvalue weighted by molar-refractivity contribution is 5.09. The monoisotopic (exact) mass is 279 g/mol. The van der Waals surface area contributed by atoms with Gasteiger partial charge in [-0.25, -0.2) is 0 Å². The van der Waals surface area contributed by atoms with Crippen LogP contribution < -0.4 is 5.73 Å². The van der Waals surface area contributed by atoms with E-state index in [1.54, 1.807) is 0 Å². The van der Waals surface area contributed by atoms with Gasteiger partial charge in [-0.1, -0.05) is 32.6 Å². The van der Waals surface area contributed by atoms with Gasteiger partial charge in [-0.2, -0.15) is 5.10 Å². The van der Waals surface area contributed by atoms with Crippen LogP contribution in [0.1, 0.15) is 63.8 Å². The second-order valence-electron chi connectivity index (χ2n) is 6.07. The van der Waals surface area contributed by atoms with Crippen LogP contribution in [-0.4, -0.2) is 21.9 Å². The fourth-order valence-electron chi connectivity index (χ4n) is 3.01. The summed E-state index contributed by atoms with van der Waals surface area (Å²) in [6.45, 7) is 6.44. The molecule has 1 fully saturated rings. The minimum absolute atomic E-state index is 0.110. The SMILES string of the molecule is CCc1cc(COCC2(N)CCCCCC2)n(CC)n1. The van der Waals surface area contributed by atoms with Gasteiger partial charge in [-0.3, -0.25) is 4.68 Å². The van der Waals surface area contributed by atoms with Crippen LogP contribution in [0.5, 0.6) is 0 Å². The molecule has 0 saturated heterocycles. The molecule has 1 heterocycles. The molecule has 20 heavy (non-hydrogen) atoms. The third-order valence-electron chi connectivity index (χ3n) is 4.31. The zero-order chi connectivity index (χ0) is 14.4. The molecule has 2 rings (SSSR count). The molecule has 114 valence electrons. The summed E-state index contributed by atoms with van der Waals surface area (Å²) in [6, 6.07) is 2.15. The Balaban J connectivity index is 1.87. The average molecular weight is 279 g/mol. The summed E-state index contributed by atoms with van der Waals surface area (Å²) in [5, 5.41) is 4.55. The smallest absolute Gasteiger partial charge is 0.0885 e. The third-order valence-corrected chi connectivity index (χ3v) is 4.31. The van der Waals surface area contributed by atoms with E-state index >= 15 is 0 Å². The van der Waals surface area contributed by atoms with Crippen molar-refractivity contribution in [3.8, 4) is 0 Å². The molecule has 2 N–H and O–H groups in total. The molecule has 1 aliphatic carbocycles. The van der Waals surface area contributed by atoms with Gasteiger partial charge in [0.1, 0.15) is 0 Å². The second-order valence-corrected chi connectivity index (χ2v) is 6.07. The molecule has 0 spiro atoms. The first-order valence-electron chi connectivity index (χ1n) is 8.09. The zero-order valence-electron chi connectivity index (χ0n) is 13.0. The van der Waals surface area contributed by atoms with Gasteiger partial charge in [0, 0.05) is 12.1 Å². The molecule has 1 aliphatic rings. The lowest BCUT2D eigenvalue weighted by Crippen LogP contribution is -2.44. The molecule has 1 saturated carbocycles. The summed E-state index contributed by atoms with van der Waals surface area (Å²) in [4.78, 5) is 0. The van der Waals surface area contributed by atoms with E-state index in [0.717, 1.165) is 31.5 Å². The maximum Gasteiger partial charge on any atom is 0.0885 e. The van der Waals surface area contributed by atoms with E-state index in [4.69, 9.17) is 10.5 Å². The Bertz CT molecular complexity index is 406. The van der Waals surface area contributed by atoms with Gasteiger partial charge in [-0.15, -0.1) is 0 Å². The number of nitrogens with two attached hydrogens (primary N) is 1. The van der Waals surface area contributed by atoms with Crippen LogP contribution in [-0.2, 0) is 24.3 Å². The molecule has 0 atom stereocenters. The Kier molecular flexibility index (Phi) is 5.61. The highest BCUT2D eigenvalue weighted by atomic mass is 16.5. The lowest BCUT2D eigenvalue weighted by molar-refractivity contribution is 0.0628. The van der Waals surface area contributed by atoms with E-state index in [0.29, 0.717) is 13.2 Å². The molecule has 0 aromatic carbocycles. The van der Waals surface area contributed by atoms with Gasteiger partial charge in [0.15, 0.2) is 0 Å². The lowest BCUT2D eigenvalue weighted by atomic mass is 9.93. The van der Waals surface area contributed by atoms with Gasteiger partial charge in [-0.05, 0) is 32.3 Å². The first-order chi connectivity index (χ1) is 9.67. The zero-order valence-corrected chi connectivity index (χ0v) is 13.0. The Morgan fingerprint density at radius 1 is 1.25 bits per heavy atom. The quantitative estimate of drug-likeness (QED) is 0.814. The van der Waals surface area contributed by atoms with Gasteiger partial charge < -0.3 is 10.5 Å². The summed E-state index contributed by atoms with van der Waals surface area (Å²) < 4.78 is 7.97. The predicted molar refractivity (Wildman–Crippen MR) is 81.6 cm³/mol. The predicted octanol–water partition coefficient (Wildman–Crippen LogP) is 3.03. The summed E-state index contributed by atoms with van der Waals surface area (Å²) in [5.41, 5.74) is 8.68. The van der Waals surface area contributed by atoms with E-state index in [-0.39, 0.29) is 5.54 Å². The first kappa shape index (κ1) is 15.5. The van der Waals surface area contributed by atoms with Crippen LogP contribution in [0.25, 0.3) is 0 Å². The molecular weight excluding hydrogens is 250 g/mol. The summed E-state index contributed by atoms with van der Waals surface area (Å²) in [7, 11) is 0. The number of nitrogens with zero attached hydrogens (tertiary/aromatic N) is 2. The molecule has 0 bridgehead atoms. The second kappa shape index (κ2) is 7.23. The number of aromatic nitrogens is 2. The van der Waals surface area contributed by atoms with Crippen LogP contribution in [0.2, 0.25) is 0 Å². The number of ether oxygens (including phenoxy) is 1. The molecule has 0 radical (unpaired) electrons. The van der Waals surface area contributed by atoms with E-state index < -0.39 is 0 Å². The normalized spacial score (nSPS) is 18.9. The van der Waals surface area contributed by atoms with Gasteiger partial charge in [0.05, 0.1) is 24.6 Å². The van der Waals surface area contributed by atoms with Crippen molar-refractivity contribution in [1.82, 2.24) is 9.78 Å². The maximum absolute atomic E-state index is 6.48. The molecule has 0 amide bonds. The van der Waals surface area contributed by atoms with Crippen LogP contribution >= 0.6 is 0 Å². The number of hydrogen-bond acceptors (Lipinski definition) is 3. The van der Waals surface area contributed by atoms with Crippen LogP contribution in [0.3, 0.4) is 0 Å². The van der Waals surface area contributed by atoms with Crippen molar-refractivity contribution in [2.45, 2.75) is 77.5 Å². The topological polar surface area (TPSA) is 53.1 Å². The first-order valence-corrected chi connectivity index (χ1v) is 8.09. The van der Waals surface area contributed by atoms with Crippen molar-refractivity contribution in [3.63, 3.8) is 0 Å². The van der Waals surface area contributed by atoms with Gasteiger partial charge >= 0.3 is 0 Å². The molecule has 4 nitrogen and oxygen atoms in total. The minimum Gasteiger partial charge on any atom is -0.373 e. The number of hydrogen-bond donors (Lipinski definition) is 1. The van der Waals surface area contributed by atoms with E-state index in [1.807, 2.05) is 4.68 Å². The van der Waals surface area contributed by atoms with Crippen LogP contribution in [0, 0.1) is 0 Å². The van der Waals surface area contributed by atoms with Crippen LogP contribution in [0.15, 0.2) is 6.07 Å². The highest BCUT2D eigenvalue weighted by Gasteiger charge is 2.26. The largest absolute Gasteiger partial charge is 0.373 e. The molecule has 1 aromatic rings. The fourth-order valence-corrected chi connectivity index (χ4v) is 3.01. The van der Waals surface area contributed by atoms with Gasteiger partial charge in [0.25, 0.3) is 0 Å². The Labute approximate surface area is 122 Å². The third kappa shape index (κ3) is 4.06. The number of aryl methyl sites for hydroxylation is 2. The van der Waals surface area contributed by atoms with Crippen molar-refractivity contribution in [2.24, 2.45) is 5.73 Å². The van der Waals surface area contributed by atoms with E-state index in [2.05, 4.69) is 25.0 Å². The fraction of sp³-hybridized carbons (Fsp3) is 0.812. The molecule has 1 aromatic heterocycles. The van der Waals surface area contributed by atoms with Crippen molar-refractivity contribution in [2.75, 3.05) is 6.61 Å². The lowest BCUT2D eigenvalue weighted by Gasteiger charge is -2.27. The maximum atomic E-state index is 6.48. The molecular formula is C16H29N3O. The standard InChI is InChI=1S/C16H29N3O/c1-3-14-11-15(19(4-2)18-14)12-20-13-16(17)9-7-5-6-8-10-16/h11H,3-10,12-13,17H2,1-2H3. The van der Waals surface area contributed by atoms with E-state index in [9.17, 15) is 0 Å². The van der Waals surface area contributed by atoms with Crippen molar-refractivity contribution in [1.29, 1.82) is 0 Å². The van der Waals surface area contributed by atoms with E-state index in [1.165, 1.54) is 31.4 Å². The summed E-state index contributed by atoms with van der Waals surface area (Å²) >= 11 is 0. The van der Waals surface area contributed by atoms with Crippen LogP contribution in [0.4, 0.5) is 0 Å². The molecule has 0 unspecified atom stereocenters. The van der Waals surface area contributed by atoms with Gasteiger partial charge in [0.2, 0.25) is 0 Å². The Hall–Kier alpha value is -0.870. The molecule has 0 aliphatic heterocycles. The highest BCUT2D eigenvalue weighted by Crippen LogP contribution is 2.25.